The first kappa shape index (κ1) is 12.3. The monoisotopic (exact) mass is 244 g/mol. The minimum atomic E-state index is -5.97. The number of carbonyl (C=O) groups excluding carboxylic acids is 1. The summed E-state index contributed by atoms with van der Waals surface area (Å²) in [6.45, 7) is -0.213. The lowest BCUT2D eigenvalue weighted by Gasteiger charge is -2.30. The van der Waals surface area contributed by atoms with Gasteiger partial charge in [-0.2, -0.15) is 8.78 Å². The molecule has 1 fully saturated rings. The minimum Gasteiger partial charge on any atom is -0.743 e. The third kappa shape index (κ3) is 2.41. The Kier molecular flexibility index (Phi) is 3.26. The molecule has 9 heteroatoms. The summed E-state index contributed by atoms with van der Waals surface area (Å²) in [7, 11) is -5.97. The maximum atomic E-state index is 12.8. The number of hydrogen-bond donors (Lipinski definition) is 0. The normalized spacial score (nSPS) is 19.0. The molecule has 0 N–H and O–H groups in total. The van der Waals surface area contributed by atoms with Crippen molar-refractivity contribution in [2.45, 2.75) is 5.25 Å². The predicted octanol–water partition coefficient (Wildman–Crippen LogP) is -1.02. The number of hydrogen-bond acceptors (Lipinski definition) is 5. The lowest BCUT2D eigenvalue weighted by molar-refractivity contribution is -0.151. The number of morpholine rings is 1. The fourth-order valence-electron chi connectivity index (χ4n) is 1.06. The third-order valence-electron chi connectivity index (χ3n) is 1.86. The highest BCUT2D eigenvalue weighted by Gasteiger charge is 2.49. The van der Waals surface area contributed by atoms with Gasteiger partial charge in [0, 0.05) is 13.1 Å². The van der Waals surface area contributed by atoms with Crippen molar-refractivity contribution in [3.8, 4) is 0 Å². The first-order valence-electron chi connectivity index (χ1n) is 3.97. The molecule has 6 nitrogen and oxygen atoms in total. The molecule has 1 heterocycles. The zero-order valence-electron chi connectivity index (χ0n) is 7.48. The van der Waals surface area contributed by atoms with Crippen molar-refractivity contribution in [1.82, 2.24) is 4.90 Å². The zero-order valence-corrected chi connectivity index (χ0v) is 8.30. The molecule has 1 amide bonds. The molecule has 88 valence electrons. The Hall–Kier alpha value is -0.800. The maximum absolute atomic E-state index is 12.8. The molecule has 1 saturated heterocycles. The third-order valence-corrected chi connectivity index (χ3v) is 2.66. The van der Waals surface area contributed by atoms with Gasteiger partial charge in [0.25, 0.3) is 0 Å². The van der Waals surface area contributed by atoms with E-state index < -0.39 is 21.3 Å². The predicted molar refractivity (Wildman–Crippen MR) is 42.0 cm³/mol. The van der Waals surface area contributed by atoms with Gasteiger partial charge in [0.15, 0.2) is 10.1 Å². The molecule has 0 aromatic heterocycles. The maximum Gasteiger partial charge on any atom is 0.410 e. The van der Waals surface area contributed by atoms with Gasteiger partial charge in [-0.25, -0.2) is 8.42 Å². The van der Waals surface area contributed by atoms with E-state index in [1.54, 1.807) is 0 Å². The molecule has 0 aromatic carbocycles. The summed E-state index contributed by atoms with van der Waals surface area (Å²) in [5.41, 5.74) is 0. The summed E-state index contributed by atoms with van der Waals surface area (Å²) in [6.07, 6.45) is 0. The van der Waals surface area contributed by atoms with Crippen LogP contribution in [0.15, 0.2) is 0 Å². The second-order valence-electron chi connectivity index (χ2n) is 2.88. The Morgan fingerprint density at radius 2 is 1.80 bits per heavy atom. The van der Waals surface area contributed by atoms with Crippen molar-refractivity contribution in [2.75, 3.05) is 26.3 Å². The number of carbonyl (C=O) groups is 1. The molecule has 0 atom stereocenters. The van der Waals surface area contributed by atoms with Crippen molar-refractivity contribution < 1.29 is 31.3 Å². The lowest BCUT2D eigenvalue weighted by Crippen LogP contribution is -2.51. The van der Waals surface area contributed by atoms with Crippen LogP contribution in [0.3, 0.4) is 0 Å². The molecule has 0 spiro atoms. The Morgan fingerprint density at radius 1 is 1.33 bits per heavy atom. The van der Waals surface area contributed by atoms with Crippen LogP contribution in [0.4, 0.5) is 8.78 Å². The van der Waals surface area contributed by atoms with Crippen molar-refractivity contribution in [1.29, 1.82) is 0 Å². The van der Waals surface area contributed by atoms with E-state index in [9.17, 15) is 26.5 Å². The van der Waals surface area contributed by atoms with E-state index in [-0.39, 0.29) is 26.3 Å². The van der Waals surface area contributed by atoms with Gasteiger partial charge < -0.3 is 14.2 Å². The molecular formula is C6H8F2NO5S-. The summed E-state index contributed by atoms with van der Waals surface area (Å²) in [5.74, 6) is -1.99. The molecule has 1 aliphatic rings. The number of ether oxygens (including phenoxy) is 1. The van der Waals surface area contributed by atoms with E-state index in [1.165, 1.54) is 0 Å². The zero-order chi connectivity index (χ0) is 11.7. The number of halogens is 2. The first-order valence-corrected chi connectivity index (χ1v) is 5.38. The van der Waals surface area contributed by atoms with Crippen LogP contribution >= 0.6 is 0 Å². The van der Waals surface area contributed by atoms with Crippen molar-refractivity contribution in [2.24, 2.45) is 0 Å². The molecule has 0 radical (unpaired) electrons. The van der Waals surface area contributed by atoms with E-state index >= 15 is 0 Å². The van der Waals surface area contributed by atoms with Crippen molar-refractivity contribution in [3.63, 3.8) is 0 Å². The highest BCUT2D eigenvalue weighted by atomic mass is 32.2. The number of rotatable bonds is 2. The summed E-state index contributed by atoms with van der Waals surface area (Å²) < 4.78 is 60.8. The van der Waals surface area contributed by atoms with Gasteiger partial charge in [0.2, 0.25) is 0 Å². The topological polar surface area (TPSA) is 86.7 Å². The van der Waals surface area contributed by atoms with Crippen LogP contribution in [0.25, 0.3) is 0 Å². The molecule has 0 aromatic rings. The average Bonchev–Trinajstić information content (AvgIpc) is 2.16. The van der Waals surface area contributed by atoms with Crippen LogP contribution in [-0.2, 0) is 19.6 Å². The van der Waals surface area contributed by atoms with Gasteiger partial charge in [0.05, 0.1) is 13.2 Å². The Morgan fingerprint density at radius 3 is 2.20 bits per heavy atom. The van der Waals surface area contributed by atoms with Gasteiger partial charge in [0.1, 0.15) is 0 Å². The Balaban J connectivity index is 2.83. The van der Waals surface area contributed by atoms with Crippen LogP contribution in [0.2, 0.25) is 0 Å². The highest BCUT2D eigenvalue weighted by Crippen LogP contribution is 2.23. The fourth-order valence-corrected chi connectivity index (χ4v) is 1.40. The van der Waals surface area contributed by atoms with Crippen LogP contribution in [0.5, 0.6) is 0 Å². The molecule has 15 heavy (non-hydrogen) atoms. The second-order valence-corrected chi connectivity index (χ2v) is 4.30. The molecule has 0 aliphatic carbocycles. The summed E-state index contributed by atoms with van der Waals surface area (Å²) >= 11 is 0. The molecule has 0 saturated carbocycles. The van der Waals surface area contributed by atoms with E-state index in [0.29, 0.717) is 4.90 Å². The van der Waals surface area contributed by atoms with Crippen LogP contribution in [0, 0.1) is 0 Å². The average molecular weight is 244 g/mol. The highest BCUT2D eigenvalue weighted by molar-refractivity contribution is 7.87. The molecule has 1 rings (SSSR count). The largest absolute Gasteiger partial charge is 0.743 e. The second kappa shape index (κ2) is 3.99. The fraction of sp³-hybridized carbons (Fsp3) is 0.833. The molecule has 0 unspecified atom stereocenters. The lowest BCUT2D eigenvalue weighted by atomic mass is 10.4. The van der Waals surface area contributed by atoms with Gasteiger partial charge in [-0.15, -0.1) is 0 Å². The van der Waals surface area contributed by atoms with Crippen molar-refractivity contribution in [3.05, 3.63) is 0 Å². The standard InChI is InChI=1S/C6H9F2NO5S/c7-6(8,15(11,12)13)5(10)9-1-3-14-4-2-9/h1-4H2,(H,11,12,13)/p-1. The van der Waals surface area contributed by atoms with Gasteiger partial charge in [-0.3, -0.25) is 4.79 Å². The van der Waals surface area contributed by atoms with Gasteiger partial charge in [-0.1, -0.05) is 0 Å². The summed E-state index contributed by atoms with van der Waals surface area (Å²) in [4.78, 5) is 11.6. The van der Waals surface area contributed by atoms with Crippen LogP contribution in [-0.4, -0.2) is 55.3 Å². The van der Waals surface area contributed by atoms with Gasteiger partial charge in [-0.05, 0) is 0 Å². The van der Waals surface area contributed by atoms with Crippen molar-refractivity contribution >= 4 is 16.0 Å². The Bertz CT molecular complexity index is 349. The van der Waals surface area contributed by atoms with Crippen LogP contribution in [0.1, 0.15) is 0 Å². The number of amides is 1. The van der Waals surface area contributed by atoms with E-state index in [2.05, 4.69) is 0 Å². The SMILES string of the molecule is O=C(N1CCOCC1)C(F)(F)S(=O)(=O)[O-]. The molecule has 0 bridgehead atoms. The van der Waals surface area contributed by atoms with Crippen LogP contribution < -0.4 is 0 Å². The molecule has 1 aliphatic heterocycles. The smallest absolute Gasteiger partial charge is 0.410 e. The minimum absolute atomic E-state index is 0.0424. The summed E-state index contributed by atoms with van der Waals surface area (Å²) in [6, 6.07) is 0. The molecular weight excluding hydrogens is 236 g/mol. The van der Waals surface area contributed by atoms with Gasteiger partial charge >= 0.3 is 11.2 Å². The van der Waals surface area contributed by atoms with E-state index in [0.717, 1.165) is 0 Å². The Labute approximate surface area is 84.6 Å². The quantitative estimate of drug-likeness (QED) is 0.580. The number of nitrogens with zero attached hydrogens (tertiary/aromatic N) is 1. The van der Waals surface area contributed by atoms with E-state index in [4.69, 9.17) is 4.74 Å². The van der Waals surface area contributed by atoms with E-state index in [1.807, 2.05) is 0 Å². The first-order chi connectivity index (χ1) is 6.77. The number of alkyl halides is 2. The summed E-state index contributed by atoms with van der Waals surface area (Å²) in [5, 5.41) is -4.90.